The van der Waals surface area contributed by atoms with Crippen molar-refractivity contribution in [2.24, 2.45) is 0 Å². The minimum atomic E-state index is 0.0949. The third-order valence-corrected chi connectivity index (χ3v) is 4.43. The van der Waals surface area contributed by atoms with Crippen LogP contribution in [0.3, 0.4) is 0 Å². The van der Waals surface area contributed by atoms with Gasteiger partial charge >= 0.3 is 0 Å². The van der Waals surface area contributed by atoms with E-state index in [1.54, 1.807) is 0 Å². The van der Waals surface area contributed by atoms with Gasteiger partial charge in [-0.05, 0) is 18.4 Å². The van der Waals surface area contributed by atoms with Gasteiger partial charge in [-0.25, -0.2) is 3.11 Å². The second-order valence-electron chi connectivity index (χ2n) is 4.39. The van der Waals surface area contributed by atoms with Crippen LogP contribution in [0.1, 0.15) is 24.8 Å². The van der Waals surface area contributed by atoms with Crippen molar-refractivity contribution in [2.45, 2.75) is 24.7 Å². The minimum Gasteiger partial charge on any atom is -0.247 e. The molecule has 1 heterocycles. The molecule has 0 spiro atoms. The summed E-state index contributed by atoms with van der Waals surface area (Å²) in [5.74, 6) is 0. The molecule has 1 aromatic carbocycles. The average molecular weight is 326 g/mol. The lowest BCUT2D eigenvalue weighted by atomic mass is 9.71. The van der Waals surface area contributed by atoms with E-state index < -0.39 is 0 Å². The molecule has 0 amide bonds. The first-order valence-electron chi connectivity index (χ1n) is 5.60. The standard InChI is InChI=1S/C13H15IN2/c14-16-10-7-13(6-9-15,8-11-16)12-4-2-1-3-5-12/h1-5H,6-8,10-11H2. The van der Waals surface area contributed by atoms with E-state index in [9.17, 15) is 0 Å². The highest BCUT2D eigenvalue weighted by Crippen LogP contribution is 2.38. The number of rotatable bonds is 2. The van der Waals surface area contributed by atoms with Gasteiger partial charge in [0.25, 0.3) is 0 Å². The zero-order chi connectivity index (χ0) is 11.4. The van der Waals surface area contributed by atoms with Gasteiger partial charge in [-0.3, -0.25) is 0 Å². The van der Waals surface area contributed by atoms with Gasteiger partial charge in [0.2, 0.25) is 0 Å². The summed E-state index contributed by atoms with van der Waals surface area (Å²) in [5.41, 5.74) is 1.43. The van der Waals surface area contributed by atoms with Crippen molar-refractivity contribution >= 4 is 22.9 Å². The molecule has 0 N–H and O–H groups in total. The van der Waals surface area contributed by atoms with Crippen molar-refractivity contribution in [3.05, 3.63) is 35.9 Å². The SMILES string of the molecule is N#CCC1(c2ccccc2)CCN(I)CC1. The summed E-state index contributed by atoms with van der Waals surface area (Å²) in [5, 5.41) is 9.05. The molecule has 84 valence electrons. The van der Waals surface area contributed by atoms with E-state index in [1.165, 1.54) is 5.56 Å². The summed E-state index contributed by atoms with van der Waals surface area (Å²) >= 11 is 2.37. The van der Waals surface area contributed by atoms with Crippen molar-refractivity contribution in [3.8, 4) is 6.07 Å². The highest BCUT2D eigenvalue weighted by molar-refractivity contribution is 14.1. The number of benzene rings is 1. The van der Waals surface area contributed by atoms with Gasteiger partial charge < -0.3 is 0 Å². The number of piperidine rings is 1. The molecule has 0 atom stereocenters. The number of nitriles is 1. The fraction of sp³-hybridized carbons (Fsp3) is 0.462. The normalized spacial score (nSPS) is 20.2. The van der Waals surface area contributed by atoms with Gasteiger partial charge in [-0.1, -0.05) is 30.3 Å². The van der Waals surface area contributed by atoms with Crippen LogP contribution in [0.4, 0.5) is 0 Å². The number of nitrogens with zero attached hydrogens (tertiary/aromatic N) is 2. The number of hydrogen-bond acceptors (Lipinski definition) is 2. The second kappa shape index (κ2) is 5.15. The molecule has 2 nitrogen and oxygen atoms in total. The highest BCUT2D eigenvalue weighted by Gasteiger charge is 2.35. The maximum Gasteiger partial charge on any atom is 0.0631 e. The Labute approximate surface area is 111 Å². The van der Waals surface area contributed by atoms with Crippen molar-refractivity contribution in [3.63, 3.8) is 0 Å². The van der Waals surface area contributed by atoms with Crippen molar-refractivity contribution in [2.75, 3.05) is 13.1 Å². The molecule has 1 saturated heterocycles. The predicted octanol–water partition coefficient (Wildman–Crippen LogP) is 3.28. The van der Waals surface area contributed by atoms with Gasteiger partial charge in [0.15, 0.2) is 0 Å². The smallest absolute Gasteiger partial charge is 0.0631 e. The predicted molar refractivity (Wildman–Crippen MR) is 73.2 cm³/mol. The van der Waals surface area contributed by atoms with Crippen LogP contribution in [0.5, 0.6) is 0 Å². The van der Waals surface area contributed by atoms with E-state index in [4.69, 9.17) is 5.26 Å². The quantitative estimate of drug-likeness (QED) is 0.616. The van der Waals surface area contributed by atoms with Crippen LogP contribution in [0.15, 0.2) is 30.3 Å². The molecule has 16 heavy (non-hydrogen) atoms. The third-order valence-electron chi connectivity index (χ3n) is 3.47. The zero-order valence-electron chi connectivity index (χ0n) is 9.19. The Morgan fingerprint density at radius 3 is 2.44 bits per heavy atom. The average Bonchev–Trinajstić information content (AvgIpc) is 2.34. The first-order chi connectivity index (χ1) is 7.77. The Morgan fingerprint density at radius 1 is 1.25 bits per heavy atom. The van der Waals surface area contributed by atoms with E-state index in [0.717, 1.165) is 25.9 Å². The Bertz CT molecular complexity index is 375. The molecular weight excluding hydrogens is 311 g/mol. The monoisotopic (exact) mass is 326 g/mol. The van der Waals surface area contributed by atoms with Crippen LogP contribution in [0.25, 0.3) is 0 Å². The van der Waals surface area contributed by atoms with Gasteiger partial charge in [-0.15, -0.1) is 0 Å². The number of hydrogen-bond donors (Lipinski definition) is 0. The van der Waals surface area contributed by atoms with Crippen molar-refractivity contribution in [1.82, 2.24) is 3.11 Å². The molecule has 1 aromatic rings. The lowest BCUT2D eigenvalue weighted by Gasteiger charge is -2.38. The van der Waals surface area contributed by atoms with Crippen LogP contribution in [-0.4, -0.2) is 16.2 Å². The lowest BCUT2D eigenvalue weighted by Crippen LogP contribution is -2.38. The molecule has 0 aliphatic carbocycles. The molecule has 0 aromatic heterocycles. The fourth-order valence-electron chi connectivity index (χ4n) is 2.42. The summed E-state index contributed by atoms with van der Waals surface area (Å²) in [6.45, 7) is 2.16. The van der Waals surface area contributed by atoms with Crippen LogP contribution < -0.4 is 0 Å². The molecule has 3 heteroatoms. The summed E-state index contributed by atoms with van der Waals surface area (Å²) in [7, 11) is 0. The summed E-state index contributed by atoms with van der Waals surface area (Å²) < 4.78 is 2.32. The third kappa shape index (κ3) is 2.38. The second-order valence-corrected chi connectivity index (χ2v) is 5.76. The topological polar surface area (TPSA) is 27.0 Å². The molecule has 0 saturated carbocycles. The van der Waals surface area contributed by atoms with E-state index in [-0.39, 0.29) is 5.41 Å². The molecule has 1 fully saturated rings. The molecule has 1 aliphatic heterocycles. The molecule has 0 unspecified atom stereocenters. The molecule has 1 aliphatic rings. The highest BCUT2D eigenvalue weighted by atomic mass is 127. The van der Waals surface area contributed by atoms with Gasteiger partial charge in [0.05, 0.1) is 6.07 Å². The van der Waals surface area contributed by atoms with Crippen molar-refractivity contribution < 1.29 is 0 Å². The lowest BCUT2D eigenvalue weighted by molar-refractivity contribution is 0.261. The Balaban J connectivity index is 2.27. The molecule has 0 radical (unpaired) electrons. The first-order valence-corrected chi connectivity index (χ1v) is 6.56. The Kier molecular flexibility index (Phi) is 3.82. The van der Waals surface area contributed by atoms with Crippen LogP contribution in [0, 0.1) is 11.3 Å². The Morgan fingerprint density at radius 2 is 1.88 bits per heavy atom. The van der Waals surface area contributed by atoms with Gasteiger partial charge in [-0.2, -0.15) is 5.26 Å². The van der Waals surface area contributed by atoms with Gasteiger partial charge in [0.1, 0.15) is 0 Å². The van der Waals surface area contributed by atoms with Crippen LogP contribution in [0.2, 0.25) is 0 Å². The van der Waals surface area contributed by atoms with Gasteiger partial charge in [0, 0.05) is 47.8 Å². The molecular formula is C13H15IN2. The summed E-state index contributed by atoms with van der Waals surface area (Å²) in [4.78, 5) is 0. The zero-order valence-corrected chi connectivity index (χ0v) is 11.4. The molecule has 0 bridgehead atoms. The van der Waals surface area contributed by atoms with E-state index in [2.05, 4.69) is 56.3 Å². The maximum absolute atomic E-state index is 9.05. The first kappa shape index (κ1) is 11.9. The molecule has 2 rings (SSSR count). The number of halogens is 1. The van der Waals surface area contributed by atoms with Crippen molar-refractivity contribution in [1.29, 1.82) is 5.26 Å². The maximum atomic E-state index is 9.05. The van der Waals surface area contributed by atoms with Crippen LogP contribution >= 0.6 is 22.9 Å². The summed E-state index contributed by atoms with van der Waals surface area (Å²) in [6, 6.07) is 12.9. The summed E-state index contributed by atoms with van der Waals surface area (Å²) in [6.07, 6.45) is 2.82. The Hall–Kier alpha value is -0.600. The fourth-order valence-corrected chi connectivity index (χ4v) is 2.90. The minimum absolute atomic E-state index is 0.0949. The van der Waals surface area contributed by atoms with E-state index in [1.807, 2.05) is 6.07 Å². The van der Waals surface area contributed by atoms with E-state index >= 15 is 0 Å². The van der Waals surface area contributed by atoms with Crippen LogP contribution in [-0.2, 0) is 5.41 Å². The largest absolute Gasteiger partial charge is 0.247 e. The van der Waals surface area contributed by atoms with E-state index in [0.29, 0.717) is 6.42 Å².